The molecule has 0 N–H and O–H groups in total. The molecule has 0 spiro atoms. The fourth-order valence-corrected chi connectivity index (χ4v) is 2.74. The maximum Gasteiger partial charge on any atom is 0.113 e. The number of hydrogen-bond donors (Lipinski definition) is 0. The summed E-state index contributed by atoms with van der Waals surface area (Å²) in [6, 6.07) is 29.1. The lowest BCUT2D eigenvalue weighted by molar-refractivity contribution is 0.650. The molecular weight excluding hydrogens is 294 g/mol. The van der Waals surface area contributed by atoms with Gasteiger partial charge in [0.05, 0.1) is 12.7 Å². The van der Waals surface area contributed by atoms with Crippen LogP contribution in [0.25, 0.3) is 22.4 Å². The average molecular weight is 311 g/mol. The van der Waals surface area contributed by atoms with Gasteiger partial charge in [0.1, 0.15) is 5.69 Å². The first-order valence-corrected chi connectivity index (χ1v) is 7.98. The van der Waals surface area contributed by atoms with Gasteiger partial charge in [-0.1, -0.05) is 90.1 Å². The van der Waals surface area contributed by atoms with Gasteiger partial charge < -0.3 is 0 Å². The summed E-state index contributed by atoms with van der Waals surface area (Å²) in [4.78, 5) is 0. The highest BCUT2D eigenvalue weighted by atomic mass is 15.4. The molecule has 0 amide bonds. The van der Waals surface area contributed by atoms with Crippen molar-refractivity contribution >= 4 is 0 Å². The van der Waals surface area contributed by atoms with E-state index in [1.165, 1.54) is 16.7 Å². The van der Waals surface area contributed by atoms with E-state index in [4.69, 9.17) is 0 Å². The first-order chi connectivity index (χ1) is 11.9. The van der Waals surface area contributed by atoms with Crippen molar-refractivity contribution in [2.24, 2.45) is 0 Å². The van der Waals surface area contributed by atoms with Crippen molar-refractivity contribution in [1.29, 1.82) is 0 Å². The molecular formula is C21H17N3. The van der Waals surface area contributed by atoms with Gasteiger partial charge in [-0.05, 0) is 16.7 Å². The first-order valence-electron chi connectivity index (χ1n) is 7.98. The topological polar surface area (TPSA) is 30.7 Å². The summed E-state index contributed by atoms with van der Waals surface area (Å²) in [6.07, 6.45) is 1.99. The lowest BCUT2D eigenvalue weighted by Crippen LogP contribution is -2.00. The van der Waals surface area contributed by atoms with Crippen LogP contribution in [0.5, 0.6) is 0 Å². The third-order valence-corrected chi connectivity index (χ3v) is 4.01. The standard InChI is InChI=1S/C21H17N3/c1-3-7-18(8-4-1)19-13-11-17(12-14-19)15-24-16-21(22-23-24)20-9-5-2-6-10-20/h1-14,16H,15H2. The lowest BCUT2D eigenvalue weighted by atomic mass is 10.0. The predicted molar refractivity (Wildman–Crippen MR) is 96.4 cm³/mol. The molecule has 0 aliphatic heterocycles. The van der Waals surface area contributed by atoms with E-state index in [9.17, 15) is 0 Å². The van der Waals surface area contributed by atoms with Crippen molar-refractivity contribution in [3.05, 3.63) is 96.7 Å². The normalized spacial score (nSPS) is 10.7. The van der Waals surface area contributed by atoms with E-state index in [2.05, 4.69) is 58.8 Å². The molecule has 4 rings (SSSR count). The first kappa shape index (κ1) is 14.4. The highest BCUT2D eigenvalue weighted by Crippen LogP contribution is 2.20. The lowest BCUT2D eigenvalue weighted by Gasteiger charge is -2.04. The summed E-state index contributed by atoms with van der Waals surface area (Å²) >= 11 is 0. The Morgan fingerprint density at radius 1 is 0.625 bits per heavy atom. The molecule has 0 radical (unpaired) electrons. The molecule has 0 saturated carbocycles. The molecule has 0 unspecified atom stereocenters. The van der Waals surface area contributed by atoms with E-state index in [0.29, 0.717) is 0 Å². The van der Waals surface area contributed by atoms with Gasteiger partial charge in [0.25, 0.3) is 0 Å². The van der Waals surface area contributed by atoms with Gasteiger partial charge in [0.2, 0.25) is 0 Å². The molecule has 1 aromatic heterocycles. The van der Waals surface area contributed by atoms with E-state index < -0.39 is 0 Å². The third kappa shape index (κ3) is 3.10. The van der Waals surface area contributed by atoms with Crippen LogP contribution >= 0.6 is 0 Å². The molecule has 116 valence electrons. The Morgan fingerprint density at radius 2 is 1.21 bits per heavy atom. The number of benzene rings is 3. The number of aromatic nitrogens is 3. The molecule has 3 aromatic carbocycles. The highest BCUT2D eigenvalue weighted by Gasteiger charge is 2.04. The second kappa shape index (κ2) is 6.50. The van der Waals surface area contributed by atoms with Gasteiger partial charge in [-0.2, -0.15) is 0 Å². The Labute approximate surface area is 141 Å². The van der Waals surface area contributed by atoms with Crippen LogP contribution in [0.4, 0.5) is 0 Å². The van der Waals surface area contributed by atoms with Gasteiger partial charge in [0.15, 0.2) is 0 Å². The van der Waals surface area contributed by atoms with Crippen molar-refractivity contribution in [2.45, 2.75) is 6.54 Å². The van der Waals surface area contributed by atoms with Crippen LogP contribution in [0, 0.1) is 0 Å². The van der Waals surface area contributed by atoms with Crippen LogP contribution in [0.15, 0.2) is 91.1 Å². The second-order valence-corrected chi connectivity index (χ2v) is 5.73. The van der Waals surface area contributed by atoms with E-state index in [1.54, 1.807) is 0 Å². The zero-order valence-electron chi connectivity index (χ0n) is 13.2. The molecule has 0 aliphatic carbocycles. The fraction of sp³-hybridized carbons (Fsp3) is 0.0476. The summed E-state index contributed by atoms with van der Waals surface area (Å²) in [5, 5.41) is 8.50. The van der Waals surface area contributed by atoms with Gasteiger partial charge in [-0.25, -0.2) is 4.68 Å². The van der Waals surface area contributed by atoms with Crippen LogP contribution in [-0.2, 0) is 6.54 Å². The summed E-state index contributed by atoms with van der Waals surface area (Å²) < 4.78 is 1.87. The average Bonchev–Trinajstić information content (AvgIpc) is 3.12. The van der Waals surface area contributed by atoms with Gasteiger partial charge in [-0.15, -0.1) is 5.10 Å². The minimum absolute atomic E-state index is 0.717. The fourth-order valence-electron chi connectivity index (χ4n) is 2.74. The quantitative estimate of drug-likeness (QED) is 0.549. The molecule has 0 bridgehead atoms. The van der Waals surface area contributed by atoms with Crippen LogP contribution < -0.4 is 0 Å². The van der Waals surface area contributed by atoms with Crippen molar-refractivity contribution in [2.75, 3.05) is 0 Å². The highest BCUT2D eigenvalue weighted by molar-refractivity contribution is 5.63. The summed E-state index contributed by atoms with van der Waals surface area (Å²) in [7, 11) is 0. The zero-order valence-corrected chi connectivity index (χ0v) is 13.2. The smallest absolute Gasteiger partial charge is 0.113 e. The summed E-state index contributed by atoms with van der Waals surface area (Å²) in [6.45, 7) is 0.717. The third-order valence-electron chi connectivity index (χ3n) is 4.01. The minimum atomic E-state index is 0.717. The van der Waals surface area contributed by atoms with Crippen molar-refractivity contribution in [3.8, 4) is 22.4 Å². The molecule has 0 atom stereocenters. The molecule has 0 aliphatic rings. The number of nitrogens with zero attached hydrogens (tertiary/aromatic N) is 3. The van der Waals surface area contributed by atoms with Crippen molar-refractivity contribution in [3.63, 3.8) is 0 Å². The van der Waals surface area contributed by atoms with Gasteiger partial charge in [0, 0.05) is 5.56 Å². The SMILES string of the molecule is c1ccc(-c2ccc(Cn3cc(-c4ccccc4)nn3)cc2)cc1. The van der Waals surface area contributed by atoms with Crippen LogP contribution in [0.2, 0.25) is 0 Å². The van der Waals surface area contributed by atoms with E-state index in [-0.39, 0.29) is 0 Å². The molecule has 1 heterocycles. The molecule has 3 heteroatoms. The Morgan fingerprint density at radius 3 is 1.88 bits per heavy atom. The Bertz CT molecular complexity index is 910. The summed E-state index contributed by atoms with van der Waals surface area (Å²) in [5.41, 5.74) is 5.65. The van der Waals surface area contributed by atoms with Gasteiger partial charge >= 0.3 is 0 Å². The maximum atomic E-state index is 4.26. The van der Waals surface area contributed by atoms with Crippen LogP contribution in [-0.4, -0.2) is 15.0 Å². The molecule has 0 fully saturated rings. The van der Waals surface area contributed by atoms with Crippen molar-refractivity contribution < 1.29 is 0 Å². The minimum Gasteiger partial charge on any atom is -0.247 e. The Kier molecular flexibility index (Phi) is 3.90. The Hall–Kier alpha value is -3.20. The molecule has 3 nitrogen and oxygen atoms in total. The van der Waals surface area contributed by atoms with E-state index in [0.717, 1.165) is 17.8 Å². The van der Waals surface area contributed by atoms with Crippen LogP contribution in [0.1, 0.15) is 5.56 Å². The zero-order chi connectivity index (χ0) is 16.2. The summed E-state index contributed by atoms with van der Waals surface area (Å²) in [5.74, 6) is 0. The molecule has 0 saturated heterocycles. The Balaban J connectivity index is 1.51. The van der Waals surface area contributed by atoms with Crippen molar-refractivity contribution in [1.82, 2.24) is 15.0 Å². The molecule has 4 aromatic rings. The molecule has 24 heavy (non-hydrogen) atoms. The number of hydrogen-bond acceptors (Lipinski definition) is 2. The number of rotatable bonds is 4. The second-order valence-electron chi connectivity index (χ2n) is 5.73. The largest absolute Gasteiger partial charge is 0.247 e. The monoisotopic (exact) mass is 311 g/mol. The van der Waals surface area contributed by atoms with E-state index in [1.807, 2.05) is 47.3 Å². The van der Waals surface area contributed by atoms with Crippen LogP contribution in [0.3, 0.4) is 0 Å². The maximum absolute atomic E-state index is 4.26. The van der Waals surface area contributed by atoms with E-state index >= 15 is 0 Å². The predicted octanol–water partition coefficient (Wildman–Crippen LogP) is 4.66. The van der Waals surface area contributed by atoms with Gasteiger partial charge in [-0.3, -0.25) is 0 Å².